The van der Waals surface area contributed by atoms with E-state index in [2.05, 4.69) is 5.32 Å². The minimum Gasteiger partial charge on any atom is -0.493 e. The molecule has 1 aliphatic heterocycles. The monoisotopic (exact) mass is 440 g/mol. The molecule has 8 heteroatoms. The van der Waals surface area contributed by atoms with Gasteiger partial charge in [-0.1, -0.05) is 6.07 Å². The number of hydrogen-bond donors (Lipinski definition) is 1. The van der Waals surface area contributed by atoms with Crippen molar-refractivity contribution in [3.63, 3.8) is 0 Å². The molecule has 2 amide bonds. The molecule has 1 fully saturated rings. The summed E-state index contributed by atoms with van der Waals surface area (Å²) in [5, 5.41) is 2.82. The molecule has 2 heterocycles. The van der Waals surface area contributed by atoms with Crippen LogP contribution in [0.15, 0.2) is 18.2 Å². The number of likely N-dealkylation sites (N-methyl/N-ethyl adjacent to an activating group) is 1. The van der Waals surface area contributed by atoms with E-state index < -0.39 is 0 Å². The third-order valence-electron chi connectivity index (χ3n) is 5.86. The van der Waals surface area contributed by atoms with Crippen molar-refractivity contribution in [2.75, 3.05) is 33.9 Å². The molecule has 32 heavy (non-hydrogen) atoms. The van der Waals surface area contributed by atoms with Gasteiger partial charge in [0.05, 0.1) is 26.2 Å². The van der Waals surface area contributed by atoms with Gasteiger partial charge in [0, 0.05) is 42.5 Å². The highest BCUT2D eigenvalue weighted by Gasteiger charge is 2.30. The molecule has 1 saturated heterocycles. The van der Waals surface area contributed by atoms with E-state index in [4.69, 9.17) is 19.4 Å². The predicted octanol–water partition coefficient (Wildman–Crippen LogP) is 2.81. The number of piperidine rings is 1. The third kappa shape index (κ3) is 5.00. The van der Waals surface area contributed by atoms with Gasteiger partial charge in [-0.15, -0.1) is 0 Å². The highest BCUT2D eigenvalue weighted by atomic mass is 16.5. The van der Waals surface area contributed by atoms with Crippen LogP contribution in [0.25, 0.3) is 0 Å². The van der Waals surface area contributed by atoms with Gasteiger partial charge in [-0.2, -0.15) is 0 Å². The Morgan fingerprint density at radius 1 is 1.16 bits per heavy atom. The smallest absolute Gasteiger partial charge is 0.257 e. The van der Waals surface area contributed by atoms with Gasteiger partial charge in [-0.05, 0) is 45.7 Å². The third-order valence-corrected chi connectivity index (χ3v) is 5.86. The Morgan fingerprint density at radius 2 is 1.88 bits per heavy atom. The van der Waals surface area contributed by atoms with Crippen LogP contribution >= 0.6 is 0 Å². The van der Waals surface area contributed by atoms with Gasteiger partial charge in [-0.25, -0.2) is 9.97 Å². The molecule has 0 radical (unpaired) electrons. The number of para-hydroxylation sites is 1. The molecule has 2 aromatic rings. The second-order valence-corrected chi connectivity index (χ2v) is 7.99. The Morgan fingerprint density at radius 3 is 2.50 bits per heavy atom. The number of carbonyl (C=O) groups excluding carboxylic acids is 2. The van der Waals surface area contributed by atoms with Crippen LogP contribution in [-0.4, -0.2) is 60.5 Å². The summed E-state index contributed by atoms with van der Waals surface area (Å²) in [5.41, 5.74) is 2.98. The Kier molecular flexibility index (Phi) is 7.66. The van der Waals surface area contributed by atoms with Crippen molar-refractivity contribution >= 4 is 11.8 Å². The molecular weight excluding hydrogens is 408 g/mol. The van der Waals surface area contributed by atoms with E-state index in [1.807, 2.05) is 25.7 Å². The number of methoxy groups -OCH3 is 2. The summed E-state index contributed by atoms with van der Waals surface area (Å²) < 4.78 is 10.8. The van der Waals surface area contributed by atoms with Crippen molar-refractivity contribution < 1.29 is 19.1 Å². The number of rotatable bonds is 7. The number of carbonyl (C=O) groups is 2. The quantitative estimate of drug-likeness (QED) is 0.712. The molecule has 1 atom stereocenters. The van der Waals surface area contributed by atoms with Gasteiger partial charge < -0.3 is 19.7 Å². The summed E-state index contributed by atoms with van der Waals surface area (Å²) >= 11 is 0. The summed E-state index contributed by atoms with van der Waals surface area (Å²) in [6.07, 6.45) is 2.05. The molecule has 0 saturated carbocycles. The van der Waals surface area contributed by atoms with Crippen molar-refractivity contribution in [2.24, 2.45) is 0 Å². The van der Waals surface area contributed by atoms with E-state index in [1.165, 1.54) is 7.11 Å². The number of aromatic nitrogens is 2. The van der Waals surface area contributed by atoms with Crippen LogP contribution in [0.5, 0.6) is 11.5 Å². The van der Waals surface area contributed by atoms with Gasteiger partial charge in [0.15, 0.2) is 11.5 Å². The van der Waals surface area contributed by atoms with Crippen molar-refractivity contribution in [3.05, 3.63) is 46.5 Å². The second kappa shape index (κ2) is 10.4. The summed E-state index contributed by atoms with van der Waals surface area (Å²) in [4.78, 5) is 36.6. The molecule has 172 valence electrons. The van der Waals surface area contributed by atoms with E-state index in [1.54, 1.807) is 25.3 Å². The lowest BCUT2D eigenvalue weighted by atomic mass is 9.95. The zero-order chi connectivity index (χ0) is 23.3. The van der Waals surface area contributed by atoms with Crippen molar-refractivity contribution in [2.45, 2.75) is 46.0 Å². The number of nitrogens with one attached hydrogen (secondary N) is 1. The SMILES string of the molecule is CCNC(=O)Cc1c(C)nc(C2CCCN(C(=O)c3cccc(OC)c3OC)C2)nc1C. The van der Waals surface area contributed by atoms with Crippen molar-refractivity contribution in [1.82, 2.24) is 20.2 Å². The van der Waals surface area contributed by atoms with Crippen LogP contribution in [0.2, 0.25) is 0 Å². The number of benzene rings is 1. The fraction of sp³-hybridized carbons (Fsp3) is 0.500. The zero-order valence-corrected chi connectivity index (χ0v) is 19.5. The summed E-state index contributed by atoms with van der Waals surface area (Å²) in [5.74, 6) is 1.63. The van der Waals surface area contributed by atoms with E-state index in [0.29, 0.717) is 36.7 Å². The number of amides is 2. The van der Waals surface area contributed by atoms with Crippen molar-refractivity contribution in [3.8, 4) is 11.5 Å². The van der Waals surface area contributed by atoms with E-state index in [9.17, 15) is 9.59 Å². The Bertz CT molecular complexity index is 969. The van der Waals surface area contributed by atoms with Crippen LogP contribution in [0.1, 0.15) is 58.8 Å². The Balaban J connectivity index is 1.81. The predicted molar refractivity (Wildman–Crippen MR) is 121 cm³/mol. The molecule has 1 N–H and O–H groups in total. The highest BCUT2D eigenvalue weighted by Crippen LogP contribution is 2.33. The first-order chi connectivity index (χ1) is 15.4. The van der Waals surface area contributed by atoms with Gasteiger partial charge in [0.1, 0.15) is 5.82 Å². The molecule has 3 rings (SSSR count). The maximum atomic E-state index is 13.3. The van der Waals surface area contributed by atoms with Gasteiger partial charge in [-0.3, -0.25) is 9.59 Å². The number of likely N-dealkylation sites (tertiary alicyclic amines) is 1. The van der Waals surface area contributed by atoms with Gasteiger partial charge in [0.2, 0.25) is 5.91 Å². The zero-order valence-electron chi connectivity index (χ0n) is 19.5. The fourth-order valence-electron chi connectivity index (χ4n) is 4.22. The van der Waals surface area contributed by atoms with Crippen LogP contribution in [0.4, 0.5) is 0 Å². The summed E-state index contributed by atoms with van der Waals surface area (Å²) in [6, 6.07) is 5.32. The number of nitrogens with zero attached hydrogens (tertiary/aromatic N) is 3. The highest BCUT2D eigenvalue weighted by molar-refractivity contribution is 5.98. The maximum Gasteiger partial charge on any atom is 0.257 e. The molecule has 1 aliphatic rings. The second-order valence-electron chi connectivity index (χ2n) is 7.99. The largest absolute Gasteiger partial charge is 0.493 e. The average Bonchev–Trinajstić information content (AvgIpc) is 2.80. The standard InChI is InChI=1S/C24H32N4O4/c1-6-25-21(29)13-19-15(2)26-23(27-16(19)3)17-9-8-12-28(14-17)24(30)18-10-7-11-20(31-4)22(18)32-5/h7,10-11,17H,6,8-9,12-14H2,1-5H3,(H,25,29). The maximum absolute atomic E-state index is 13.3. The first-order valence-electron chi connectivity index (χ1n) is 11.0. The van der Waals surface area contributed by atoms with Gasteiger partial charge in [0.25, 0.3) is 5.91 Å². The van der Waals surface area contributed by atoms with E-state index in [-0.39, 0.29) is 24.2 Å². The Hall–Kier alpha value is -3.16. The lowest BCUT2D eigenvalue weighted by Gasteiger charge is -2.32. The topological polar surface area (TPSA) is 93.7 Å². The summed E-state index contributed by atoms with van der Waals surface area (Å²) in [6.45, 7) is 7.53. The Labute approximate surface area is 189 Å². The summed E-state index contributed by atoms with van der Waals surface area (Å²) in [7, 11) is 3.09. The van der Waals surface area contributed by atoms with Gasteiger partial charge >= 0.3 is 0 Å². The number of aryl methyl sites for hydroxylation is 2. The molecule has 1 aromatic heterocycles. The van der Waals surface area contributed by atoms with E-state index in [0.717, 1.165) is 35.6 Å². The van der Waals surface area contributed by atoms with Crippen LogP contribution in [0, 0.1) is 13.8 Å². The molecule has 0 bridgehead atoms. The minimum absolute atomic E-state index is 0.0308. The van der Waals surface area contributed by atoms with E-state index >= 15 is 0 Å². The lowest BCUT2D eigenvalue weighted by molar-refractivity contribution is -0.120. The van der Waals surface area contributed by atoms with Crippen molar-refractivity contribution in [1.29, 1.82) is 0 Å². The first kappa shape index (κ1) is 23.5. The van der Waals surface area contributed by atoms with Crippen LogP contribution in [-0.2, 0) is 11.2 Å². The normalized spacial score (nSPS) is 15.9. The molecule has 0 spiro atoms. The van der Waals surface area contributed by atoms with Crippen LogP contribution in [0.3, 0.4) is 0 Å². The molecular formula is C24H32N4O4. The molecule has 1 unspecified atom stereocenters. The number of ether oxygens (including phenoxy) is 2. The molecule has 1 aromatic carbocycles. The first-order valence-corrected chi connectivity index (χ1v) is 11.0. The lowest BCUT2D eigenvalue weighted by Crippen LogP contribution is -2.39. The minimum atomic E-state index is -0.0910. The average molecular weight is 441 g/mol. The fourth-order valence-corrected chi connectivity index (χ4v) is 4.22. The molecule has 8 nitrogen and oxygen atoms in total. The molecule has 0 aliphatic carbocycles. The number of hydrogen-bond acceptors (Lipinski definition) is 6. The van der Waals surface area contributed by atoms with Crippen LogP contribution < -0.4 is 14.8 Å².